The summed E-state index contributed by atoms with van der Waals surface area (Å²) in [5, 5.41) is 0.790. The van der Waals surface area contributed by atoms with Gasteiger partial charge in [-0.15, -0.1) is 0 Å². The molecule has 0 aliphatic carbocycles. The number of amides is 1. The van der Waals surface area contributed by atoms with E-state index < -0.39 is 0 Å². The Kier molecular flexibility index (Phi) is 7.46. The van der Waals surface area contributed by atoms with Crippen LogP contribution in [-0.4, -0.2) is 79.1 Å². The lowest BCUT2D eigenvalue weighted by molar-refractivity contribution is -0.130. The van der Waals surface area contributed by atoms with Crippen LogP contribution in [0.15, 0.2) is 24.3 Å². The fourth-order valence-corrected chi connectivity index (χ4v) is 5.32. The molecule has 4 rings (SSSR count). The first kappa shape index (κ1) is 21.1. The van der Waals surface area contributed by atoms with Crippen molar-refractivity contribution in [1.82, 2.24) is 14.7 Å². The predicted molar refractivity (Wildman–Crippen MR) is 116 cm³/mol. The van der Waals surface area contributed by atoms with Gasteiger partial charge in [0.2, 0.25) is 5.91 Å². The third-order valence-corrected chi connectivity index (χ3v) is 7.05. The number of halogens is 1. The molecule has 1 amide bonds. The topological polar surface area (TPSA) is 36.0 Å². The Balaban J connectivity index is 1.38. The Bertz CT molecular complexity index is 657. The van der Waals surface area contributed by atoms with Crippen molar-refractivity contribution in [2.45, 2.75) is 44.7 Å². The van der Waals surface area contributed by atoms with Crippen LogP contribution in [0.4, 0.5) is 0 Å². The summed E-state index contributed by atoms with van der Waals surface area (Å²) in [5.41, 5.74) is 1.31. The maximum Gasteiger partial charge on any atom is 0.222 e. The van der Waals surface area contributed by atoms with E-state index in [1.165, 1.54) is 24.8 Å². The van der Waals surface area contributed by atoms with Gasteiger partial charge in [0, 0.05) is 56.8 Å². The van der Waals surface area contributed by atoms with Crippen LogP contribution in [0, 0.1) is 5.92 Å². The van der Waals surface area contributed by atoms with Crippen molar-refractivity contribution in [1.29, 1.82) is 0 Å². The number of morpholine rings is 1. The molecule has 0 aromatic heterocycles. The molecule has 3 saturated heterocycles. The van der Waals surface area contributed by atoms with E-state index in [1.54, 1.807) is 0 Å². The fraction of sp³-hybridized carbons (Fsp3) is 0.696. The van der Waals surface area contributed by atoms with E-state index in [1.807, 2.05) is 12.1 Å². The molecule has 5 nitrogen and oxygen atoms in total. The number of benzene rings is 1. The summed E-state index contributed by atoms with van der Waals surface area (Å²) in [4.78, 5) is 19.9. The largest absolute Gasteiger partial charge is 0.379 e. The van der Waals surface area contributed by atoms with E-state index in [0.717, 1.165) is 70.5 Å². The summed E-state index contributed by atoms with van der Waals surface area (Å²) in [6, 6.07) is 8.78. The molecule has 3 aliphatic heterocycles. The van der Waals surface area contributed by atoms with Crippen molar-refractivity contribution in [3.8, 4) is 0 Å². The van der Waals surface area contributed by atoms with Gasteiger partial charge in [-0.1, -0.05) is 23.7 Å². The lowest BCUT2D eigenvalue weighted by atomic mass is 9.86. The van der Waals surface area contributed by atoms with Gasteiger partial charge in [0.1, 0.15) is 0 Å². The molecule has 3 heterocycles. The number of nitrogens with zero attached hydrogens (tertiary/aromatic N) is 3. The van der Waals surface area contributed by atoms with Crippen molar-refractivity contribution in [3.05, 3.63) is 34.9 Å². The van der Waals surface area contributed by atoms with Crippen molar-refractivity contribution in [2.75, 3.05) is 52.5 Å². The Hall–Kier alpha value is -1.14. The van der Waals surface area contributed by atoms with Gasteiger partial charge in [0.25, 0.3) is 0 Å². The summed E-state index contributed by atoms with van der Waals surface area (Å²) < 4.78 is 5.58. The van der Waals surface area contributed by atoms with Gasteiger partial charge in [0.15, 0.2) is 0 Å². The van der Waals surface area contributed by atoms with Gasteiger partial charge in [-0.3, -0.25) is 14.6 Å². The summed E-state index contributed by atoms with van der Waals surface area (Å²) >= 11 is 6.04. The molecule has 1 aromatic carbocycles. The second-order valence-corrected chi connectivity index (χ2v) is 9.19. The van der Waals surface area contributed by atoms with E-state index in [9.17, 15) is 4.79 Å². The number of rotatable bonds is 6. The monoisotopic (exact) mass is 419 g/mol. The summed E-state index contributed by atoms with van der Waals surface area (Å²) in [6.07, 6.45) is 5.20. The number of carbonyl (C=O) groups is 1. The summed E-state index contributed by atoms with van der Waals surface area (Å²) in [5.74, 6) is 0.902. The van der Waals surface area contributed by atoms with Crippen LogP contribution in [0.2, 0.25) is 5.02 Å². The molecule has 0 bridgehead atoms. The molecule has 0 spiro atoms. The van der Waals surface area contributed by atoms with E-state index in [0.29, 0.717) is 24.3 Å². The number of piperidine rings is 1. The number of carbonyl (C=O) groups excluding carboxylic acids is 1. The zero-order chi connectivity index (χ0) is 20.1. The van der Waals surface area contributed by atoms with E-state index in [4.69, 9.17) is 16.3 Å². The Morgan fingerprint density at radius 1 is 1.03 bits per heavy atom. The minimum atomic E-state index is 0.359. The molecular formula is C23H34ClN3O2. The molecule has 6 heteroatoms. The number of hydrogen-bond acceptors (Lipinski definition) is 4. The molecule has 0 radical (unpaired) electrons. The van der Waals surface area contributed by atoms with Crippen LogP contribution < -0.4 is 0 Å². The predicted octanol–water partition coefficient (Wildman–Crippen LogP) is 3.27. The molecule has 1 aromatic rings. The van der Waals surface area contributed by atoms with Crippen molar-refractivity contribution >= 4 is 17.5 Å². The molecule has 160 valence electrons. The fourth-order valence-electron chi connectivity index (χ4n) is 5.19. The van der Waals surface area contributed by atoms with Crippen molar-refractivity contribution < 1.29 is 9.53 Å². The number of ether oxygens (including phenoxy) is 1. The molecule has 3 fully saturated rings. The Labute approximate surface area is 179 Å². The first-order valence-corrected chi connectivity index (χ1v) is 11.6. The smallest absolute Gasteiger partial charge is 0.222 e. The van der Waals surface area contributed by atoms with Crippen LogP contribution in [0.25, 0.3) is 0 Å². The van der Waals surface area contributed by atoms with Gasteiger partial charge in [0.05, 0.1) is 13.2 Å². The minimum absolute atomic E-state index is 0.359. The highest BCUT2D eigenvalue weighted by Crippen LogP contribution is 2.28. The van der Waals surface area contributed by atoms with Gasteiger partial charge >= 0.3 is 0 Å². The maximum atomic E-state index is 12.6. The van der Waals surface area contributed by atoms with Crippen LogP contribution in [0.1, 0.15) is 37.7 Å². The van der Waals surface area contributed by atoms with Crippen molar-refractivity contribution in [3.63, 3.8) is 0 Å². The van der Waals surface area contributed by atoms with Crippen LogP contribution in [-0.2, 0) is 16.1 Å². The van der Waals surface area contributed by atoms with Crippen LogP contribution in [0.3, 0.4) is 0 Å². The van der Waals surface area contributed by atoms with Gasteiger partial charge in [-0.2, -0.15) is 0 Å². The highest BCUT2D eigenvalue weighted by Gasteiger charge is 2.34. The van der Waals surface area contributed by atoms with E-state index in [-0.39, 0.29) is 0 Å². The SMILES string of the molecule is O=C(CC[C@H]1CN(Cc2ccc(Cl)cc2)CC[C@H]1N1CCOCC1)N1CCCC1. The second kappa shape index (κ2) is 10.3. The highest BCUT2D eigenvalue weighted by atomic mass is 35.5. The molecular weight excluding hydrogens is 386 g/mol. The number of likely N-dealkylation sites (tertiary alicyclic amines) is 2. The van der Waals surface area contributed by atoms with Crippen molar-refractivity contribution in [2.24, 2.45) is 5.92 Å². The Morgan fingerprint density at radius 2 is 1.76 bits per heavy atom. The first-order chi connectivity index (χ1) is 14.2. The van der Waals surface area contributed by atoms with Gasteiger partial charge < -0.3 is 9.64 Å². The van der Waals surface area contributed by atoms with Gasteiger partial charge in [-0.05, 0) is 55.8 Å². The van der Waals surface area contributed by atoms with E-state index >= 15 is 0 Å². The molecule has 29 heavy (non-hydrogen) atoms. The molecule has 0 saturated carbocycles. The Morgan fingerprint density at radius 3 is 2.48 bits per heavy atom. The summed E-state index contributed by atoms with van der Waals surface area (Å²) in [7, 11) is 0. The minimum Gasteiger partial charge on any atom is -0.379 e. The third-order valence-electron chi connectivity index (χ3n) is 6.80. The standard InChI is InChI=1S/C23H34ClN3O2/c24-21-6-3-19(4-7-21)17-25-12-9-22(26-13-15-29-16-14-26)20(18-25)5-8-23(28)27-10-1-2-11-27/h3-4,6-7,20,22H,1-2,5,8-18H2/t20-,22+/m0/s1. The molecule has 0 unspecified atom stereocenters. The quantitative estimate of drug-likeness (QED) is 0.709. The number of hydrogen-bond donors (Lipinski definition) is 0. The average Bonchev–Trinajstić information content (AvgIpc) is 3.29. The zero-order valence-corrected chi connectivity index (χ0v) is 18.2. The van der Waals surface area contributed by atoms with Gasteiger partial charge in [-0.25, -0.2) is 0 Å². The zero-order valence-electron chi connectivity index (χ0n) is 17.4. The molecule has 2 atom stereocenters. The highest BCUT2D eigenvalue weighted by molar-refractivity contribution is 6.30. The lowest BCUT2D eigenvalue weighted by Crippen LogP contribution is -2.54. The normalized spacial score (nSPS) is 26.7. The molecule has 0 N–H and O–H groups in total. The van der Waals surface area contributed by atoms with Crippen LogP contribution >= 0.6 is 11.6 Å². The second-order valence-electron chi connectivity index (χ2n) is 8.75. The summed E-state index contributed by atoms with van der Waals surface area (Å²) in [6.45, 7) is 8.78. The average molecular weight is 420 g/mol. The first-order valence-electron chi connectivity index (χ1n) is 11.3. The maximum absolute atomic E-state index is 12.6. The molecule has 3 aliphatic rings. The van der Waals surface area contributed by atoms with Crippen LogP contribution in [0.5, 0.6) is 0 Å². The van der Waals surface area contributed by atoms with E-state index in [2.05, 4.69) is 26.8 Å². The third kappa shape index (κ3) is 5.72. The lowest BCUT2D eigenvalue weighted by Gasteiger charge is -2.45.